The standard InChI is InChI=1S/C13H11NO2/c15-13-5-10-8-16-7-9-3-1-2-4-11(9)12(10)6-14-13/h1-6H,7-8H2,(H,14,15). The van der Waals surface area contributed by atoms with E-state index in [2.05, 4.69) is 17.1 Å². The molecule has 0 fully saturated rings. The van der Waals surface area contributed by atoms with E-state index in [4.69, 9.17) is 4.74 Å². The van der Waals surface area contributed by atoms with Gasteiger partial charge in [-0.1, -0.05) is 24.3 Å². The second-order valence-electron chi connectivity index (χ2n) is 3.89. The fraction of sp³-hybridized carbons (Fsp3) is 0.154. The van der Waals surface area contributed by atoms with Crippen LogP contribution in [-0.2, 0) is 18.0 Å². The molecule has 3 nitrogen and oxygen atoms in total. The van der Waals surface area contributed by atoms with Gasteiger partial charge in [-0.25, -0.2) is 0 Å². The van der Waals surface area contributed by atoms with Gasteiger partial charge in [0.15, 0.2) is 0 Å². The maximum absolute atomic E-state index is 11.3. The van der Waals surface area contributed by atoms with E-state index in [-0.39, 0.29) is 5.56 Å². The third-order valence-corrected chi connectivity index (χ3v) is 2.83. The van der Waals surface area contributed by atoms with Crippen molar-refractivity contribution in [2.75, 3.05) is 0 Å². The van der Waals surface area contributed by atoms with E-state index in [1.165, 1.54) is 0 Å². The second kappa shape index (κ2) is 3.61. The molecule has 1 aromatic heterocycles. The maximum Gasteiger partial charge on any atom is 0.248 e. The number of hydrogen-bond acceptors (Lipinski definition) is 2. The number of rotatable bonds is 0. The van der Waals surface area contributed by atoms with Gasteiger partial charge in [-0.15, -0.1) is 0 Å². The molecule has 0 saturated carbocycles. The number of benzene rings is 1. The molecular formula is C13H11NO2. The van der Waals surface area contributed by atoms with Gasteiger partial charge in [-0.05, 0) is 16.7 Å². The van der Waals surface area contributed by atoms with Crippen molar-refractivity contribution < 1.29 is 4.74 Å². The van der Waals surface area contributed by atoms with Crippen LogP contribution in [-0.4, -0.2) is 4.98 Å². The van der Waals surface area contributed by atoms with Crippen LogP contribution in [0.1, 0.15) is 11.1 Å². The number of pyridine rings is 1. The lowest BCUT2D eigenvalue weighted by molar-refractivity contribution is 0.109. The van der Waals surface area contributed by atoms with Crippen molar-refractivity contribution >= 4 is 0 Å². The van der Waals surface area contributed by atoms with Crippen LogP contribution in [0.5, 0.6) is 0 Å². The molecule has 1 aliphatic heterocycles. The van der Waals surface area contributed by atoms with Gasteiger partial charge in [-0.3, -0.25) is 4.79 Å². The Morgan fingerprint density at radius 3 is 2.81 bits per heavy atom. The van der Waals surface area contributed by atoms with Crippen LogP contribution >= 0.6 is 0 Å². The molecule has 0 atom stereocenters. The fourth-order valence-corrected chi connectivity index (χ4v) is 2.06. The summed E-state index contributed by atoms with van der Waals surface area (Å²) in [6.45, 7) is 1.09. The average molecular weight is 213 g/mol. The third-order valence-electron chi connectivity index (χ3n) is 2.83. The first-order valence-electron chi connectivity index (χ1n) is 5.22. The predicted molar refractivity (Wildman–Crippen MR) is 61.0 cm³/mol. The Labute approximate surface area is 92.7 Å². The van der Waals surface area contributed by atoms with Gasteiger partial charge in [0, 0.05) is 17.8 Å². The Morgan fingerprint density at radius 1 is 1.06 bits per heavy atom. The summed E-state index contributed by atoms with van der Waals surface area (Å²) in [5, 5.41) is 0. The molecule has 0 aliphatic carbocycles. The minimum Gasteiger partial charge on any atom is -0.372 e. The van der Waals surface area contributed by atoms with Crippen molar-refractivity contribution in [3.05, 3.63) is 58.0 Å². The lowest BCUT2D eigenvalue weighted by Gasteiger charge is -2.06. The van der Waals surface area contributed by atoms with E-state index in [9.17, 15) is 4.79 Å². The molecule has 0 amide bonds. The van der Waals surface area contributed by atoms with Crippen LogP contribution < -0.4 is 5.56 Å². The minimum absolute atomic E-state index is 0.0817. The number of fused-ring (bicyclic) bond motifs is 3. The van der Waals surface area contributed by atoms with Crippen LogP contribution in [0.15, 0.2) is 41.3 Å². The van der Waals surface area contributed by atoms with Gasteiger partial charge >= 0.3 is 0 Å². The Kier molecular flexibility index (Phi) is 2.11. The molecule has 2 heterocycles. The van der Waals surface area contributed by atoms with Crippen LogP contribution in [0, 0.1) is 0 Å². The normalized spacial score (nSPS) is 13.8. The van der Waals surface area contributed by atoms with E-state index < -0.39 is 0 Å². The molecule has 3 rings (SSSR count). The lowest BCUT2D eigenvalue weighted by Crippen LogP contribution is -2.06. The number of nitrogens with one attached hydrogen (secondary N) is 1. The van der Waals surface area contributed by atoms with Gasteiger partial charge in [-0.2, -0.15) is 0 Å². The Hall–Kier alpha value is -1.87. The predicted octanol–water partition coefficient (Wildman–Crippen LogP) is 2.07. The molecule has 80 valence electrons. The average Bonchev–Trinajstić information content (AvgIpc) is 2.47. The highest BCUT2D eigenvalue weighted by atomic mass is 16.5. The number of hydrogen-bond donors (Lipinski definition) is 1. The quantitative estimate of drug-likeness (QED) is 0.728. The number of aromatic amines is 1. The van der Waals surface area contributed by atoms with E-state index in [0.29, 0.717) is 13.2 Å². The highest BCUT2D eigenvalue weighted by molar-refractivity contribution is 5.70. The smallest absolute Gasteiger partial charge is 0.248 e. The van der Waals surface area contributed by atoms with Crippen LogP contribution in [0.25, 0.3) is 11.1 Å². The number of ether oxygens (including phenoxy) is 1. The molecule has 1 aromatic carbocycles. The van der Waals surface area contributed by atoms with Crippen LogP contribution in [0.3, 0.4) is 0 Å². The minimum atomic E-state index is -0.0817. The van der Waals surface area contributed by atoms with Gasteiger partial charge < -0.3 is 9.72 Å². The summed E-state index contributed by atoms with van der Waals surface area (Å²) in [4.78, 5) is 14.0. The zero-order valence-electron chi connectivity index (χ0n) is 8.69. The van der Waals surface area contributed by atoms with Crippen molar-refractivity contribution in [2.24, 2.45) is 0 Å². The highest BCUT2D eigenvalue weighted by Gasteiger charge is 2.14. The van der Waals surface area contributed by atoms with Crippen molar-refractivity contribution in [3.63, 3.8) is 0 Å². The van der Waals surface area contributed by atoms with Gasteiger partial charge in [0.05, 0.1) is 13.2 Å². The highest BCUT2D eigenvalue weighted by Crippen LogP contribution is 2.29. The SMILES string of the molecule is O=c1cc2c(c[nH]1)-c1ccccc1COC2. The summed E-state index contributed by atoms with van der Waals surface area (Å²) in [5.74, 6) is 0. The summed E-state index contributed by atoms with van der Waals surface area (Å²) >= 11 is 0. The van der Waals surface area contributed by atoms with Crippen LogP contribution in [0.2, 0.25) is 0 Å². The molecule has 0 unspecified atom stereocenters. The first-order valence-corrected chi connectivity index (χ1v) is 5.22. The molecular weight excluding hydrogens is 202 g/mol. The van der Waals surface area contributed by atoms with Gasteiger partial charge in [0.25, 0.3) is 0 Å². The molecule has 2 aromatic rings. The summed E-state index contributed by atoms with van der Waals surface area (Å²) in [6.07, 6.45) is 1.77. The maximum atomic E-state index is 11.3. The summed E-state index contributed by atoms with van der Waals surface area (Å²) in [6, 6.07) is 9.71. The van der Waals surface area contributed by atoms with Gasteiger partial charge in [0.2, 0.25) is 5.56 Å². The molecule has 1 N–H and O–H groups in total. The molecule has 3 heteroatoms. The lowest BCUT2D eigenvalue weighted by atomic mass is 9.99. The second-order valence-corrected chi connectivity index (χ2v) is 3.89. The van der Waals surface area contributed by atoms with Gasteiger partial charge in [0.1, 0.15) is 0 Å². The molecule has 16 heavy (non-hydrogen) atoms. The van der Waals surface area contributed by atoms with E-state index in [1.807, 2.05) is 12.1 Å². The number of aromatic nitrogens is 1. The zero-order valence-corrected chi connectivity index (χ0v) is 8.69. The molecule has 0 saturated heterocycles. The largest absolute Gasteiger partial charge is 0.372 e. The summed E-state index contributed by atoms with van der Waals surface area (Å²) in [7, 11) is 0. The van der Waals surface area contributed by atoms with Crippen molar-refractivity contribution in [2.45, 2.75) is 13.2 Å². The van der Waals surface area contributed by atoms with Crippen molar-refractivity contribution in [3.8, 4) is 11.1 Å². The summed E-state index contributed by atoms with van der Waals surface area (Å²) in [5.41, 5.74) is 4.24. The molecule has 1 aliphatic rings. The van der Waals surface area contributed by atoms with E-state index >= 15 is 0 Å². The molecule has 0 radical (unpaired) electrons. The van der Waals surface area contributed by atoms with E-state index in [1.54, 1.807) is 12.3 Å². The topological polar surface area (TPSA) is 42.1 Å². The fourth-order valence-electron chi connectivity index (χ4n) is 2.06. The number of H-pyrrole nitrogens is 1. The zero-order chi connectivity index (χ0) is 11.0. The Morgan fingerprint density at radius 2 is 1.88 bits per heavy atom. The van der Waals surface area contributed by atoms with Crippen molar-refractivity contribution in [1.82, 2.24) is 4.98 Å². The monoisotopic (exact) mass is 213 g/mol. The Bertz CT molecular complexity index is 586. The summed E-state index contributed by atoms with van der Waals surface area (Å²) < 4.78 is 5.55. The van der Waals surface area contributed by atoms with Crippen molar-refractivity contribution in [1.29, 1.82) is 0 Å². The first-order chi connectivity index (χ1) is 7.84. The molecule has 0 bridgehead atoms. The Balaban J connectivity index is 2.29. The third kappa shape index (κ3) is 1.46. The van der Waals surface area contributed by atoms with Crippen LogP contribution in [0.4, 0.5) is 0 Å². The molecule has 0 spiro atoms. The van der Waals surface area contributed by atoms with E-state index in [0.717, 1.165) is 22.3 Å². The first kappa shape index (κ1) is 9.36.